The molecule has 5 heteroatoms. The summed E-state index contributed by atoms with van der Waals surface area (Å²) in [5.41, 5.74) is 0.805. The van der Waals surface area contributed by atoms with Gasteiger partial charge in [0, 0.05) is 32.4 Å². The number of hydrogen-bond donors (Lipinski definition) is 1. The number of nitrogens with one attached hydrogen (secondary N) is 1. The Bertz CT molecular complexity index is 388. The normalized spacial score (nSPS) is 10.8. The van der Waals surface area contributed by atoms with Crippen LogP contribution in [0.25, 0.3) is 0 Å². The first-order valence-corrected chi connectivity index (χ1v) is 7.46. The maximum Gasteiger partial charge on any atom is 0.124 e. The van der Waals surface area contributed by atoms with Gasteiger partial charge < -0.3 is 19.5 Å². The lowest BCUT2D eigenvalue weighted by molar-refractivity contribution is 0.0976. The number of methoxy groups -OCH3 is 1. The van der Waals surface area contributed by atoms with Crippen molar-refractivity contribution < 1.29 is 18.6 Å². The topological polar surface area (TPSA) is 39.7 Å². The third-order valence-electron chi connectivity index (χ3n) is 2.95. The Morgan fingerprint density at radius 3 is 2.76 bits per heavy atom. The molecule has 0 aromatic heterocycles. The molecule has 21 heavy (non-hydrogen) atoms. The van der Waals surface area contributed by atoms with E-state index in [9.17, 15) is 4.39 Å². The summed E-state index contributed by atoms with van der Waals surface area (Å²) in [4.78, 5) is 0. The van der Waals surface area contributed by atoms with Gasteiger partial charge in [-0.25, -0.2) is 4.39 Å². The summed E-state index contributed by atoms with van der Waals surface area (Å²) < 4.78 is 29.4. The summed E-state index contributed by atoms with van der Waals surface area (Å²) in [5, 5.41) is 3.19. The van der Waals surface area contributed by atoms with Crippen LogP contribution in [0.2, 0.25) is 0 Å². The molecule has 0 heterocycles. The van der Waals surface area contributed by atoms with Gasteiger partial charge >= 0.3 is 0 Å². The lowest BCUT2D eigenvalue weighted by atomic mass is 10.2. The summed E-state index contributed by atoms with van der Waals surface area (Å²) in [6, 6.07) is 4.56. The molecule has 1 aromatic rings. The Kier molecular flexibility index (Phi) is 9.78. The highest BCUT2D eigenvalue weighted by Crippen LogP contribution is 2.19. The molecular weight excluding hydrogens is 273 g/mol. The van der Waals surface area contributed by atoms with Crippen LogP contribution in [0.3, 0.4) is 0 Å². The van der Waals surface area contributed by atoms with Crippen molar-refractivity contribution in [3.8, 4) is 5.75 Å². The lowest BCUT2D eigenvalue weighted by Gasteiger charge is -2.12. The molecule has 0 bridgehead atoms. The van der Waals surface area contributed by atoms with E-state index < -0.39 is 0 Å². The smallest absolute Gasteiger partial charge is 0.124 e. The zero-order chi connectivity index (χ0) is 15.3. The van der Waals surface area contributed by atoms with Crippen LogP contribution in [-0.2, 0) is 16.0 Å². The van der Waals surface area contributed by atoms with Crippen LogP contribution < -0.4 is 10.1 Å². The molecule has 0 fully saturated rings. The van der Waals surface area contributed by atoms with Crippen LogP contribution in [0, 0.1) is 5.82 Å². The fraction of sp³-hybridized carbons (Fsp3) is 0.625. The van der Waals surface area contributed by atoms with E-state index in [4.69, 9.17) is 14.2 Å². The molecule has 0 amide bonds. The van der Waals surface area contributed by atoms with Gasteiger partial charge in [0.1, 0.15) is 18.2 Å². The predicted molar refractivity (Wildman–Crippen MR) is 81.2 cm³/mol. The monoisotopic (exact) mass is 299 g/mol. The van der Waals surface area contributed by atoms with Gasteiger partial charge in [0.25, 0.3) is 0 Å². The van der Waals surface area contributed by atoms with Crippen LogP contribution >= 0.6 is 0 Å². The van der Waals surface area contributed by atoms with E-state index in [1.165, 1.54) is 12.1 Å². The van der Waals surface area contributed by atoms with Gasteiger partial charge in [-0.2, -0.15) is 0 Å². The fourth-order valence-corrected chi connectivity index (χ4v) is 1.78. The van der Waals surface area contributed by atoms with E-state index in [2.05, 4.69) is 12.2 Å². The fourth-order valence-electron chi connectivity index (χ4n) is 1.78. The van der Waals surface area contributed by atoms with Gasteiger partial charge in [-0.3, -0.25) is 0 Å². The summed E-state index contributed by atoms with van der Waals surface area (Å²) in [6.07, 6.45) is 2.18. The molecule has 1 N–H and O–H groups in total. The van der Waals surface area contributed by atoms with Crippen molar-refractivity contribution in [2.75, 3.05) is 40.1 Å². The van der Waals surface area contributed by atoms with Gasteiger partial charge in [0.05, 0.1) is 13.2 Å². The van der Waals surface area contributed by atoms with Gasteiger partial charge in [-0.15, -0.1) is 0 Å². The Balaban J connectivity index is 2.37. The minimum Gasteiger partial charge on any atom is -0.491 e. The van der Waals surface area contributed by atoms with Crippen molar-refractivity contribution in [1.82, 2.24) is 5.32 Å². The number of halogens is 1. The number of ether oxygens (including phenoxy) is 3. The standard InChI is InChI=1S/C16H26FNO3/c1-3-4-8-20-10-11-21-16-6-5-15(17)12-14(16)13-18-7-9-19-2/h5-6,12,18H,3-4,7-11,13H2,1-2H3. The zero-order valence-corrected chi connectivity index (χ0v) is 13.0. The van der Waals surface area contributed by atoms with Gasteiger partial charge in [-0.05, 0) is 24.6 Å². The van der Waals surface area contributed by atoms with E-state index in [0.717, 1.165) is 25.0 Å². The first kappa shape index (κ1) is 17.9. The zero-order valence-electron chi connectivity index (χ0n) is 13.0. The maximum absolute atomic E-state index is 13.3. The van der Waals surface area contributed by atoms with Crippen molar-refractivity contribution >= 4 is 0 Å². The second-order valence-corrected chi connectivity index (χ2v) is 4.74. The van der Waals surface area contributed by atoms with Crippen LogP contribution in [0.15, 0.2) is 18.2 Å². The molecule has 0 aliphatic heterocycles. The average molecular weight is 299 g/mol. The number of benzene rings is 1. The second-order valence-electron chi connectivity index (χ2n) is 4.74. The molecule has 0 atom stereocenters. The highest BCUT2D eigenvalue weighted by Gasteiger charge is 2.05. The molecule has 0 spiro atoms. The average Bonchev–Trinajstić information content (AvgIpc) is 2.49. The Labute approximate surface area is 126 Å². The maximum atomic E-state index is 13.3. The Morgan fingerprint density at radius 2 is 2.00 bits per heavy atom. The van der Waals surface area contributed by atoms with Gasteiger partial charge in [0.2, 0.25) is 0 Å². The molecular formula is C16H26FNO3. The molecule has 120 valence electrons. The summed E-state index contributed by atoms with van der Waals surface area (Å²) in [5.74, 6) is 0.436. The molecule has 4 nitrogen and oxygen atoms in total. The SMILES string of the molecule is CCCCOCCOc1ccc(F)cc1CNCCOC. The first-order chi connectivity index (χ1) is 10.3. The molecule has 1 rings (SSSR count). The van der Waals surface area contributed by atoms with E-state index in [1.54, 1.807) is 13.2 Å². The quantitative estimate of drug-likeness (QED) is 0.602. The van der Waals surface area contributed by atoms with E-state index >= 15 is 0 Å². The van der Waals surface area contributed by atoms with Crippen molar-refractivity contribution in [3.63, 3.8) is 0 Å². The first-order valence-electron chi connectivity index (χ1n) is 7.46. The van der Waals surface area contributed by atoms with E-state index in [-0.39, 0.29) is 5.82 Å². The highest BCUT2D eigenvalue weighted by molar-refractivity contribution is 5.33. The van der Waals surface area contributed by atoms with Crippen LogP contribution in [0.1, 0.15) is 25.3 Å². The minimum atomic E-state index is -0.259. The Hall–Kier alpha value is -1.17. The predicted octanol–water partition coefficient (Wildman–Crippen LogP) is 2.76. The summed E-state index contributed by atoms with van der Waals surface area (Å²) >= 11 is 0. The molecule has 1 aromatic carbocycles. The van der Waals surface area contributed by atoms with Crippen LogP contribution in [-0.4, -0.2) is 40.1 Å². The summed E-state index contributed by atoms with van der Waals surface area (Å²) in [7, 11) is 1.65. The lowest BCUT2D eigenvalue weighted by Crippen LogP contribution is -2.19. The second kappa shape index (κ2) is 11.5. The minimum absolute atomic E-state index is 0.259. The molecule has 0 aliphatic rings. The van der Waals surface area contributed by atoms with E-state index in [0.29, 0.717) is 38.7 Å². The number of unbranched alkanes of at least 4 members (excludes halogenated alkanes) is 1. The van der Waals surface area contributed by atoms with Crippen molar-refractivity contribution in [2.24, 2.45) is 0 Å². The van der Waals surface area contributed by atoms with Gasteiger partial charge in [-0.1, -0.05) is 13.3 Å². The van der Waals surface area contributed by atoms with Gasteiger partial charge in [0.15, 0.2) is 0 Å². The molecule has 0 saturated heterocycles. The van der Waals surface area contributed by atoms with Crippen molar-refractivity contribution in [3.05, 3.63) is 29.6 Å². The van der Waals surface area contributed by atoms with E-state index in [1.807, 2.05) is 0 Å². The summed E-state index contributed by atoms with van der Waals surface area (Å²) in [6.45, 7) is 5.79. The molecule has 0 saturated carbocycles. The highest BCUT2D eigenvalue weighted by atomic mass is 19.1. The van der Waals surface area contributed by atoms with Crippen LogP contribution in [0.4, 0.5) is 4.39 Å². The van der Waals surface area contributed by atoms with Crippen molar-refractivity contribution in [1.29, 1.82) is 0 Å². The van der Waals surface area contributed by atoms with Crippen LogP contribution in [0.5, 0.6) is 5.75 Å². The van der Waals surface area contributed by atoms with Crippen molar-refractivity contribution in [2.45, 2.75) is 26.3 Å². The molecule has 0 radical (unpaired) electrons. The Morgan fingerprint density at radius 1 is 1.14 bits per heavy atom. The molecule has 0 unspecified atom stereocenters. The third kappa shape index (κ3) is 7.99. The largest absolute Gasteiger partial charge is 0.491 e. The third-order valence-corrected chi connectivity index (χ3v) is 2.95. The molecule has 0 aliphatic carbocycles. The number of rotatable bonds is 12. The number of hydrogen-bond acceptors (Lipinski definition) is 4.